The molecule has 0 amide bonds. The lowest BCUT2D eigenvalue weighted by Crippen LogP contribution is -2.47. The summed E-state index contributed by atoms with van der Waals surface area (Å²) in [5, 5.41) is 4.85. The molecule has 0 bridgehead atoms. The second-order valence-electron chi connectivity index (χ2n) is 8.27. The van der Waals surface area contributed by atoms with E-state index in [0.717, 1.165) is 45.2 Å². The standard InChI is InChI=1S/C24H25F2N7/c1-31-22(27)20-21(18-8-7-17(25)15-19(18)26)28-24(29-23(20)30-31)33-13-11-32(12-14-33)10-9-16-5-3-2-4-6-16/h2-8,15H,9-14,27H2,1H3. The summed E-state index contributed by atoms with van der Waals surface area (Å²) in [7, 11) is 1.70. The lowest BCUT2D eigenvalue weighted by Gasteiger charge is -2.34. The molecule has 0 unspecified atom stereocenters. The number of anilines is 2. The number of piperazine rings is 1. The van der Waals surface area contributed by atoms with Gasteiger partial charge in [-0.25, -0.2) is 13.8 Å². The largest absolute Gasteiger partial charge is 0.383 e. The third kappa shape index (κ3) is 4.23. The van der Waals surface area contributed by atoms with Crippen LogP contribution in [0.25, 0.3) is 22.3 Å². The third-order valence-electron chi connectivity index (χ3n) is 6.13. The van der Waals surface area contributed by atoms with E-state index in [4.69, 9.17) is 5.73 Å². The maximum absolute atomic E-state index is 14.7. The van der Waals surface area contributed by atoms with E-state index in [1.165, 1.54) is 22.4 Å². The Bertz CT molecular complexity index is 1280. The molecular weight excluding hydrogens is 424 g/mol. The van der Waals surface area contributed by atoms with Crippen LogP contribution in [-0.2, 0) is 13.5 Å². The topological polar surface area (TPSA) is 76.1 Å². The Labute approximate surface area is 190 Å². The second-order valence-corrected chi connectivity index (χ2v) is 8.27. The maximum atomic E-state index is 14.7. The lowest BCUT2D eigenvalue weighted by atomic mass is 10.1. The first-order valence-corrected chi connectivity index (χ1v) is 11.0. The van der Waals surface area contributed by atoms with Crippen molar-refractivity contribution in [3.63, 3.8) is 0 Å². The van der Waals surface area contributed by atoms with Crippen LogP contribution in [0.4, 0.5) is 20.5 Å². The van der Waals surface area contributed by atoms with Crippen molar-refractivity contribution >= 4 is 22.8 Å². The zero-order chi connectivity index (χ0) is 22.9. The minimum absolute atomic E-state index is 0.172. The van der Waals surface area contributed by atoms with Crippen LogP contribution in [0.2, 0.25) is 0 Å². The zero-order valence-electron chi connectivity index (χ0n) is 18.4. The van der Waals surface area contributed by atoms with Gasteiger partial charge in [0.25, 0.3) is 0 Å². The normalized spacial score (nSPS) is 14.8. The van der Waals surface area contributed by atoms with Crippen LogP contribution in [0, 0.1) is 11.6 Å². The number of aryl methyl sites for hydroxylation is 1. The van der Waals surface area contributed by atoms with Crippen LogP contribution < -0.4 is 10.6 Å². The van der Waals surface area contributed by atoms with Gasteiger partial charge in [0.2, 0.25) is 5.95 Å². The Kier molecular flexibility index (Phi) is 5.63. The van der Waals surface area contributed by atoms with Gasteiger partial charge in [0.15, 0.2) is 5.65 Å². The molecule has 1 aliphatic heterocycles. The van der Waals surface area contributed by atoms with Crippen LogP contribution in [0.5, 0.6) is 0 Å². The number of fused-ring (bicyclic) bond motifs is 1. The first-order chi connectivity index (χ1) is 16.0. The number of hydrogen-bond acceptors (Lipinski definition) is 6. The van der Waals surface area contributed by atoms with Gasteiger partial charge >= 0.3 is 0 Å². The summed E-state index contributed by atoms with van der Waals surface area (Å²) in [6.07, 6.45) is 1.00. The van der Waals surface area contributed by atoms with Crippen LogP contribution in [0.3, 0.4) is 0 Å². The minimum Gasteiger partial charge on any atom is -0.383 e. The van der Waals surface area contributed by atoms with Crippen molar-refractivity contribution in [3.05, 3.63) is 65.7 Å². The highest BCUT2D eigenvalue weighted by atomic mass is 19.1. The molecule has 0 saturated carbocycles. The summed E-state index contributed by atoms with van der Waals surface area (Å²) in [5.74, 6) is -0.537. The Hall–Kier alpha value is -3.59. The number of nitrogens with zero attached hydrogens (tertiary/aromatic N) is 6. The van der Waals surface area contributed by atoms with E-state index in [1.54, 1.807) is 7.05 Å². The molecule has 2 N–H and O–H groups in total. The highest BCUT2D eigenvalue weighted by Crippen LogP contribution is 2.33. The van der Waals surface area contributed by atoms with Gasteiger partial charge in [0, 0.05) is 51.4 Å². The Balaban J connectivity index is 1.40. The van der Waals surface area contributed by atoms with Gasteiger partial charge in [-0.15, -0.1) is 0 Å². The molecule has 4 aromatic rings. The first kappa shape index (κ1) is 21.3. The van der Waals surface area contributed by atoms with Crippen LogP contribution in [0.15, 0.2) is 48.5 Å². The Morgan fingerprint density at radius 1 is 0.970 bits per heavy atom. The van der Waals surface area contributed by atoms with E-state index >= 15 is 0 Å². The van der Waals surface area contributed by atoms with Gasteiger partial charge in [0.05, 0.1) is 11.1 Å². The van der Waals surface area contributed by atoms with Crippen molar-refractivity contribution in [2.75, 3.05) is 43.4 Å². The molecule has 0 radical (unpaired) electrons. The predicted molar refractivity (Wildman–Crippen MR) is 125 cm³/mol. The van der Waals surface area contributed by atoms with Crippen molar-refractivity contribution in [1.29, 1.82) is 0 Å². The fourth-order valence-corrected chi connectivity index (χ4v) is 4.22. The Morgan fingerprint density at radius 3 is 2.45 bits per heavy atom. The fourth-order valence-electron chi connectivity index (χ4n) is 4.22. The summed E-state index contributed by atoms with van der Waals surface area (Å²) in [6, 6.07) is 13.9. The summed E-state index contributed by atoms with van der Waals surface area (Å²) >= 11 is 0. The molecule has 0 spiro atoms. The van der Waals surface area contributed by atoms with E-state index in [2.05, 4.69) is 49.1 Å². The summed E-state index contributed by atoms with van der Waals surface area (Å²) in [6.45, 7) is 4.22. The molecule has 1 saturated heterocycles. The molecule has 5 rings (SSSR count). The van der Waals surface area contributed by atoms with E-state index in [-0.39, 0.29) is 5.56 Å². The number of halogens is 2. The molecule has 0 aliphatic carbocycles. The van der Waals surface area contributed by atoms with Crippen LogP contribution >= 0.6 is 0 Å². The highest BCUT2D eigenvalue weighted by Gasteiger charge is 2.24. The molecular formula is C24H25F2N7. The molecule has 33 heavy (non-hydrogen) atoms. The molecule has 2 aromatic carbocycles. The smallest absolute Gasteiger partial charge is 0.228 e. The number of aromatic nitrogens is 4. The third-order valence-corrected chi connectivity index (χ3v) is 6.13. The van der Waals surface area contributed by atoms with Gasteiger partial charge in [-0.05, 0) is 24.1 Å². The average molecular weight is 450 g/mol. The van der Waals surface area contributed by atoms with Gasteiger partial charge in [-0.1, -0.05) is 30.3 Å². The van der Waals surface area contributed by atoms with Gasteiger partial charge in [0.1, 0.15) is 17.5 Å². The predicted octanol–water partition coefficient (Wildman–Crippen LogP) is 3.26. The van der Waals surface area contributed by atoms with Crippen molar-refractivity contribution in [3.8, 4) is 11.3 Å². The van der Waals surface area contributed by atoms with Gasteiger partial charge in [-0.2, -0.15) is 10.1 Å². The lowest BCUT2D eigenvalue weighted by molar-refractivity contribution is 0.260. The molecule has 0 atom stereocenters. The summed E-state index contributed by atoms with van der Waals surface area (Å²) < 4.78 is 29.7. The van der Waals surface area contributed by atoms with Gasteiger partial charge in [-0.3, -0.25) is 9.58 Å². The number of benzene rings is 2. The van der Waals surface area contributed by atoms with Crippen LogP contribution in [-0.4, -0.2) is 57.4 Å². The molecule has 170 valence electrons. The average Bonchev–Trinajstić information content (AvgIpc) is 3.11. The number of nitrogens with two attached hydrogens (primary N) is 1. The molecule has 7 nitrogen and oxygen atoms in total. The Morgan fingerprint density at radius 2 is 1.73 bits per heavy atom. The van der Waals surface area contributed by atoms with E-state index < -0.39 is 11.6 Å². The quantitative estimate of drug-likeness (QED) is 0.504. The highest BCUT2D eigenvalue weighted by molar-refractivity contribution is 5.99. The van der Waals surface area contributed by atoms with E-state index in [9.17, 15) is 8.78 Å². The van der Waals surface area contributed by atoms with Crippen molar-refractivity contribution in [1.82, 2.24) is 24.6 Å². The zero-order valence-corrected chi connectivity index (χ0v) is 18.4. The number of hydrogen-bond donors (Lipinski definition) is 1. The van der Waals surface area contributed by atoms with Crippen molar-refractivity contribution in [2.24, 2.45) is 7.05 Å². The summed E-state index contributed by atoms with van der Waals surface area (Å²) in [5.41, 5.74) is 8.40. The number of nitrogen functional groups attached to an aromatic ring is 1. The minimum atomic E-state index is -0.699. The molecule has 1 fully saturated rings. The SMILES string of the molecule is Cn1nc2nc(N3CCN(CCc4ccccc4)CC3)nc(-c3ccc(F)cc3F)c2c1N. The molecule has 9 heteroatoms. The maximum Gasteiger partial charge on any atom is 0.228 e. The molecule has 3 heterocycles. The molecule has 2 aromatic heterocycles. The van der Waals surface area contributed by atoms with E-state index in [1.807, 2.05) is 6.07 Å². The fraction of sp³-hybridized carbons (Fsp3) is 0.292. The molecule has 1 aliphatic rings. The van der Waals surface area contributed by atoms with Crippen LogP contribution in [0.1, 0.15) is 5.56 Å². The first-order valence-electron chi connectivity index (χ1n) is 11.0. The van der Waals surface area contributed by atoms with Gasteiger partial charge < -0.3 is 10.6 Å². The monoisotopic (exact) mass is 449 g/mol. The van der Waals surface area contributed by atoms with E-state index in [0.29, 0.717) is 28.5 Å². The number of rotatable bonds is 5. The summed E-state index contributed by atoms with van der Waals surface area (Å²) in [4.78, 5) is 13.8. The second kappa shape index (κ2) is 8.74. The van der Waals surface area contributed by atoms with Crippen molar-refractivity contribution < 1.29 is 8.78 Å². The van der Waals surface area contributed by atoms with Crippen molar-refractivity contribution in [2.45, 2.75) is 6.42 Å².